The number of rotatable bonds is 11. The van der Waals surface area contributed by atoms with Gasteiger partial charge in [-0.05, 0) is 12.8 Å². The third-order valence-corrected chi connectivity index (χ3v) is 5.21. The molecule has 0 radical (unpaired) electrons. The first kappa shape index (κ1) is 21.2. The molecular formula is C11H24O10P2. The van der Waals surface area contributed by atoms with E-state index in [4.69, 9.17) is 18.3 Å². The van der Waals surface area contributed by atoms with Gasteiger partial charge in [-0.25, -0.2) is 9.13 Å². The second-order valence-corrected chi connectivity index (χ2v) is 7.91. The van der Waals surface area contributed by atoms with Crippen molar-refractivity contribution in [2.24, 2.45) is 0 Å². The van der Waals surface area contributed by atoms with Gasteiger partial charge in [-0.3, -0.25) is 18.1 Å². The van der Waals surface area contributed by atoms with Crippen LogP contribution >= 0.6 is 15.6 Å². The van der Waals surface area contributed by atoms with Crippen LogP contribution in [0.25, 0.3) is 0 Å². The van der Waals surface area contributed by atoms with Gasteiger partial charge >= 0.3 is 15.6 Å². The molecule has 1 rings (SSSR count). The summed E-state index contributed by atoms with van der Waals surface area (Å²) in [6, 6.07) is 0. The number of phosphoric acid groups is 2. The smallest absolute Gasteiger partial charge is 0.393 e. The van der Waals surface area contributed by atoms with Crippen molar-refractivity contribution in [2.45, 2.75) is 44.5 Å². The summed E-state index contributed by atoms with van der Waals surface area (Å²) in [5.41, 5.74) is 0. The lowest BCUT2D eigenvalue weighted by molar-refractivity contribution is -0.00219. The second kappa shape index (κ2) is 9.58. The lowest BCUT2D eigenvalue weighted by Gasteiger charge is -2.21. The SMILES string of the molecule is CCC(O)CCOP(=O)(O)OC[C@H]1OCCC1OP(=O)(O)OC. The van der Waals surface area contributed by atoms with Gasteiger partial charge in [0.05, 0.1) is 19.3 Å². The molecule has 1 saturated heterocycles. The van der Waals surface area contributed by atoms with E-state index in [1.165, 1.54) is 0 Å². The third kappa shape index (κ3) is 8.18. The summed E-state index contributed by atoms with van der Waals surface area (Å²) in [5, 5.41) is 9.33. The highest BCUT2D eigenvalue weighted by Gasteiger charge is 2.37. The molecule has 138 valence electrons. The molecule has 0 aromatic carbocycles. The summed E-state index contributed by atoms with van der Waals surface area (Å²) in [7, 11) is -7.46. The van der Waals surface area contributed by atoms with E-state index >= 15 is 0 Å². The maximum absolute atomic E-state index is 11.7. The van der Waals surface area contributed by atoms with E-state index in [9.17, 15) is 24.0 Å². The van der Waals surface area contributed by atoms with Crippen molar-refractivity contribution in [1.29, 1.82) is 0 Å². The number of hydrogen-bond acceptors (Lipinski definition) is 8. The second-order valence-electron chi connectivity index (χ2n) is 4.94. The molecule has 0 saturated carbocycles. The zero-order valence-corrected chi connectivity index (χ0v) is 14.9. The van der Waals surface area contributed by atoms with E-state index in [0.29, 0.717) is 12.8 Å². The van der Waals surface area contributed by atoms with Gasteiger partial charge in [-0.1, -0.05) is 6.92 Å². The predicted molar refractivity (Wildman–Crippen MR) is 78.7 cm³/mol. The minimum absolute atomic E-state index is 0.135. The monoisotopic (exact) mass is 378 g/mol. The molecule has 1 fully saturated rings. The summed E-state index contributed by atoms with van der Waals surface area (Å²) >= 11 is 0. The number of phosphoric ester groups is 2. The molecule has 0 spiro atoms. The number of aliphatic hydroxyl groups excluding tert-OH is 1. The Balaban J connectivity index is 2.39. The van der Waals surface area contributed by atoms with E-state index in [1.54, 1.807) is 6.92 Å². The van der Waals surface area contributed by atoms with E-state index in [0.717, 1.165) is 7.11 Å². The van der Waals surface area contributed by atoms with Gasteiger partial charge in [0.1, 0.15) is 12.2 Å². The topological polar surface area (TPSA) is 141 Å². The van der Waals surface area contributed by atoms with Gasteiger partial charge in [0.2, 0.25) is 0 Å². The molecule has 12 heteroatoms. The summed E-state index contributed by atoms with van der Waals surface area (Å²) in [6.45, 7) is 1.54. The highest BCUT2D eigenvalue weighted by atomic mass is 31.2. The zero-order valence-electron chi connectivity index (χ0n) is 13.1. The van der Waals surface area contributed by atoms with Crippen LogP contribution in [0.5, 0.6) is 0 Å². The standard InChI is InChI=1S/C11H24O10P2/c1-3-9(12)4-7-19-23(15,16)20-8-11-10(5-6-18-11)21-22(13,14)17-2/h9-12H,3-8H2,1-2H3,(H,13,14)(H,15,16)/t9?,10?,11-/m1/s1. The quantitative estimate of drug-likeness (QED) is 0.449. The first-order valence-electron chi connectivity index (χ1n) is 7.17. The molecule has 1 aliphatic heterocycles. The Labute approximate surface area is 134 Å². The summed E-state index contributed by atoms with van der Waals surface area (Å²) < 4.78 is 47.1. The summed E-state index contributed by atoms with van der Waals surface area (Å²) in [5.74, 6) is 0. The van der Waals surface area contributed by atoms with Crippen LogP contribution in [0.3, 0.4) is 0 Å². The zero-order chi connectivity index (χ0) is 17.5. The van der Waals surface area contributed by atoms with Crippen LogP contribution in [0, 0.1) is 0 Å². The average Bonchev–Trinajstić information content (AvgIpc) is 2.91. The first-order chi connectivity index (χ1) is 10.7. The van der Waals surface area contributed by atoms with Crippen LogP contribution in [0.4, 0.5) is 0 Å². The number of hydrogen-bond donors (Lipinski definition) is 3. The van der Waals surface area contributed by atoms with E-state index in [2.05, 4.69) is 4.52 Å². The molecule has 4 unspecified atom stereocenters. The maximum Gasteiger partial charge on any atom is 0.472 e. The van der Waals surface area contributed by atoms with E-state index in [-0.39, 0.29) is 26.2 Å². The Hall–Kier alpha value is 0.140. The molecule has 1 aliphatic rings. The predicted octanol–water partition coefficient (Wildman–Crippen LogP) is 1.20. The fourth-order valence-electron chi connectivity index (χ4n) is 1.83. The van der Waals surface area contributed by atoms with Gasteiger partial charge in [0.25, 0.3) is 0 Å². The minimum atomic E-state index is -4.31. The largest absolute Gasteiger partial charge is 0.472 e. The highest BCUT2D eigenvalue weighted by Crippen LogP contribution is 2.47. The number of ether oxygens (including phenoxy) is 1. The molecule has 0 amide bonds. The Morgan fingerprint density at radius 2 is 1.96 bits per heavy atom. The Morgan fingerprint density at radius 3 is 2.57 bits per heavy atom. The van der Waals surface area contributed by atoms with Crippen LogP contribution in [-0.4, -0.2) is 60.1 Å². The molecule has 10 nitrogen and oxygen atoms in total. The van der Waals surface area contributed by atoms with Crippen molar-refractivity contribution in [1.82, 2.24) is 0 Å². The summed E-state index contributed by atoms with van der Waals surface area (Å²) in [6.07, 6.45) is -1.17. The maximum atomic E-state index is 11.7. The van der Waals surface area contributed by atoms with E-state index < -0.39 is 34.0 Å². The van der Waals surface area contributed by atoms with Gasteiger partial charge < -0.3 is 19.6 Å². The fraction of sp³-hybridized carbons (Fsp3) is 1.00. The van der Waals surface area contributed by atoms with Crippen molar-refractivity contribution in [3.05, 3.63) is 0 Å². The Kier molecular flexibility index (Phi) is 8.82. The lowest BCUT2D eigenvalue weighted by atomic mass is 10.2. The van der Waals surface area contributed by atoms with Crippen molar-refractivity contribution >= 4 is 15.6 Å². The van der Waals surface area contributed by atoms with Gasteiger partial charge in [0.15, 0.2) is 0 Å². The molecule has 5 atom stereocenters. The normalized spacial score (nSPS) is 28.2. The van der Waals surface area contributed by atoms with Crippen LogP contribution in [0.15, 0.2) is 0 Å². The first-order valence-corrected chi connectivity index (χ1v) is 10.2. The van der Waals surface area contributed by atoms with Crippen LogP contribution in [0.2, 0.25) is 0 Å². The van der Waals surface area contributed by atoms with E-state index in [1.807, 2.05) is 0 Å². The van der Waals surface area contributed by atoms with Gasteiger partial charge in [-0.15, -0.1) is 0 Å². The fourth-order valence-corrected chi connectivity index (χ4v) is 3.25. The van der Waals surface area contributed by atoms with Crippen LogP contribution in [-0.2, 0) is 32.0 Å². The van der Waals surface area contributed by atoms with Crippen molar-refractivity contribution in [3.63, 3.8) is 0 Å². The molecule has 23 heavy (non-hydrogen) atoms. The minimum Gasteiger partial charge on any atom is -0.393 e. The Bertz CT molecular complexity index is 445. The Morgan fingerprint density at radius 1 is 1.26 bits per heavy atom. The molecule has 3 N–H and O–H groups in total. The van der Waals surface area contributed by atoms with Crippen molar-refractivity contribution in [2.75, 3.05) is 26.9 Å². The number of aliphatic hydroxyl groups is 1. The molecule has 0 aromatic heterocycles. The van der Waals surface area contributed by atoms with Gasteiger partial charge in [0, 0.05) is 20.1 Å². The molecule has 1 heterocycles. The average molecular weight is 378 g/mol. The third-order valence-electron chi connectivity index (χ3n) is 3.23. The molecule has 0 aromatic rings. The summed E-state index contributed by atoms with van der Waals surface area (Å²) in [4.78, 5) is 18.8. The van der Waals surface area contributed by atoms with Crippen molar-refractivity contribution in [3.8, 4) is 0 Å². The van der Waals surface area contributed by atoms with Crippen LogP contribution < -0.4 is 0 Å². The lowest BCUT2D eigenvalue weighted by Crippen LogP contribution is -2.28. The van der Waals surface area contributed by atoms with Crippen molar-refractivity contribution < 1.29 is 46.9 Å². The molecule has 0 bridgehead atoms. The van der Waals surface area contributed by atoms with Gasteiger partial charge in [-0.2, -0.15) is 0 Å². The molecular weight excluding hydrogens is 354 g/mol. The van der Waals surface area contributed by atoms with Crippen LogP contribution in [0.1, 0.15) is 26.2 Å². The highest BCUT2D eigenvalue weighted by molar-refractivity contribution is 7.47. The molecule has 0 aliphatic carbocycles.